The fraction of sp³-hybridized carbons (Fsp3) is 0.214. The van der Waals surface area contributed by atoms with Gasteiger partial charge in [0.2, 0.25) is 5.82 Å². The predicted octanol–water partition coefficient (Wildman–Crippen LogP) is 2.71. The van der Waals surface area contributed by atoms with Crippen LogP contribution in [-0.4, -0.2) is 24.6 Å². The standard InChI is InChI=1S/C14H14FN3O4S/c1-9(17-14-12(18(19)20)4-3-7-16-14)10-5-6-13(11(15)8-10)23(2,21)22/h3-9H,1-2H3,(H,16,17)/t9-/m0/s1. The van der Waals surface area contributed by atoms with Crippen molar-refractivity contribution in [1.82, 2.24) is 4.98 Å². The molecule has 9 heteroatoms. The average molecular weight is 339 g/mol. The first-order valence-corrected chi connectivity index (χ1v) is 8.44. The highest BCUT2D eigenvalue weighted by Gasteiger charge is 2.19. The van der Waals surface area contributed by atoms with Crippen molar-refractivity contribution in [2.75, 3.05) is 11.6 Å². The summed E-state index contributed by atoms with van der Waals surface area (Å²) in [5.41, 5.74) is 0.238. The van der Waals surface area contributed by atoms with Gasteiger partial charge in [0.15, 0.2) is 9.84 Å². The van der Waals surface area contributed by atoms with Gasteiger partial charge in [0.25, 0.3) is 0 Å². The summed E-state index contributed by atoms with van der Waals surface area (Å²) < 4.78 is 36.7. The van der Waals surface area contributed by atoms with E-state index in [4.69, 9.17) is 0 Å². The van der Waals surface area contributed by atoms with E-state index >= 15 is 0 Å². The van der Waals surface area contributed by atoms with Gasteiger partial charge in [0, 0.05) is 18.5 Å². The first-order valence-electron chi connectivity index (χ1n) is 6.55. The van der Waals surface area contributed by atoms with Crippen molar-refractivity contribution in [3.63, 3.8) is 0 Å². The SMILES string of the molecule is C[C@H](Nc1ncccc1[N+](=O)[O-])c1ccc(S(C)(=O)=O)c(F)c1. The van der Waals surface area contributed by atoms with Crippen molar-refractivity contribution < 1.29 is 17.7 Å². The van der Waals surface area contributed by atoms with Gasteiger partial charge in [-0.15, -0.1) is 0 Å². The van der Waals surface area contributed by atoms with Crippen LogP contribution in [0.2, 0.25) is 0 Å². The van der Waals surface area contributed by atoms with Gasteiger partial charge >= 0.3 is 5.69 Å². The van der Waals surface area contributed by atoms with E-state index in [9.17, 15) is 22.9 Å². The topological polar surface area (TPSA) is 102 Å². The molecule has 2 rings (SSSR count). The Morgan fingerprint density at radius 2 is 2.04 bits per heavy atom. The Morgan fingerprint density at radius 3 is 2.61 bits per heavy atom. The lowest BCUT2D eigenvalue weighted by Crippen LogP contribution is -2.11. The Kier molecular flexibility index (Phi) is 4.60. The molecule has 0 saturated carbocycles. The molecule has 1 atom stereocenters. The molecule has 0 bridgehead atoms. The quantitative estimate of drug-likeness (QED) is 0.664. The van der Waals surface area contributed by atoms with E-state index in [0.29, 0.717) is 5.56 Å². The Hall–Kier alpha value is -2.55. The summed E-state index contributed by atoms with van der Waals surface area (Å²) in [5.74, 6) is -0.813. The molecule has 0 fully saturated rings. The molecule has 1 aromatic heterocycles. The van der Waals surface area contributed by atoms with E-state index < -0.39 is 31.5 Å². The number of rotatable bonds is 5. The summed E-state index contributed by atoms with van der Waals surface area (Å²) in [6, 6.07) is 5.94. The maximum atomic E-state index is 13.9. The molecule has 7 nitrogen and oxygen atoms in total. The fourth-order valence-corrected chi connectivity index (χ4v) is 2.76. The molecule has 0 unspecified atom stereocenters. The molecule has 0 aliphatic rings. The number of sulfone groups is 1. The van der Waals surface area contributed by atoms with Crippen LogP contribution in [0.15, 0.2) is 41.4 Å². The molecular weight excluding hydrogens is 325 g/mol. The van der Waals surface area contributed by atoms with E-state index in [1.807, 2.05) is 0 Å². The zero-order valence-electron chi connectivity index (χ0n) is 12.4. The summed E-state index contributed by atoms with van der Waals surface area (Å²) in [4.78, 5) is 13.9. The highest BCUT2D eigenvalue weighted by atomic mass is 32.2. The molecule has 0 radical (unpaired) electrons. The van der Waals surface area contributed by atoms with Crippen molar-refractivity contribution in [2.45, 2.75) is 17.9 Å². The molecule has 1 aromatic carbocycles. The number of hydrogen-bond acceptors (Lipinski definition) is 6. The highest BCUT2D eigenvalue weighted by molar-refractivity contribution is 7.90. The van der Waals surface area contributed by atoms with Gasteiger partial charge < -0.3 is 5.32 Å². The molecular formula is C14H14FN3O4S. The number of anilines is 1. The zero-order valence-corrected chi connectivity index (χ0v) is 13.2. The molecule has 2 aromatic rings. The number of pyridine rings is 1. The van der Waals surface area contributed by atoms with E-state index in [0.717, 1.165) is 12.3 Å². The molecule has 0 aliphatic carbocycles. The van der Waals surface area contributed by atoms with Gasteiger partial charge in [-0.2, -0.15) is 0 Å². The van der Waals surface area contributed by atoms with Gasteiger partial charge in [0.05, 0.1) is 11.0 Å². The van der Waals surface area contributed by atoms with Crippen molar-refractivity contribution in [1.29, 1.82) is 0 Å². The lowest BCUT2D eigenvalue weighted by atomic mass is 10.1. The number of nitrogens with zero attached hydrogens (tertiary/aromatic N) is 2. The third-order valence-electron chi connectivity index (χ3n) is 3.19. The van der Waals surface area contributed by atoms with Crippen molar-refractivity contribution in [3.05, 3.63) is 58.0 Å². The van der Waals surface area contributed by atoms with Gasteiger partial charge in [-0.1, -0.05) is 6.07 Å². The van der Waals surface area contributed by atoms with E-state index in [1.54, 1.807) is 6.92 Å². The molecule has 122 valence electrons. The molecule has 0 aliphatic heterocycles. The Balaban J connectivity index is 2.31. The smallest absolute Gasteiger partial charge is 0.311 e. The van der Waals surface area contributed by atoms with Crippen LogP contribution in [0.3, 0.4) is 0 Å². The van der Waals surface area contributed by atoms with Crippen LogP contribution in [0.25, 0.3) is 0 Å². The van der Waals surface area contributed by atoms with Gasteiger partial charge in [-0.3, -0.25) is 10.1 Å². The largest absolute Gasteiger partial charge is 0.358 e. The lowest BCUT2D eigenvalue weighted by Gasteiger charge is -2.15. The first-order chi connectivity index (χ1) is 10.7. The van der Waals surface area contributed by atoms with Crippen LogP contribution in [0.1, 0.15) is 18.5 Å². The fourth-order valence-electron chi connectivity index (χ4n) is 2.03. The third kappa shape index (κ3) is 3.81. The monoisotopic (exact) mass is 339 g/mol. The minimum Gasteiger partial charge on any atom is -0.358 e. The third-order valence-corrected chi connectivity index (χ3v) is 4.32. The second kappa shape index (κ2) is 6.29. The van der Waals surface area contributed by atoms with Crippen molar-refractivity contribution in [3.8, 4) is 0 Å². The van der Waals surface area contributed by atoms with Crippen LogP contribution in [-0.2, 0) is 9.84 Å². The number of halogens is 1. The summed E-state index contributed by atoms with van der Waals surface area (Å²) in [6.45, 7) is 1.66. The molecule has 0 amide bonds. The maximum absolute atomic E-state index is 13.9. The summed E-state index contributed by atoms with van der Waals surface area (Å²) >= 11 is 0. The molecule has 1 heterocycles. The number of hydrogen-bond donors (Lipinski definition) is 1. The number of aromatic nitrogens is 1. The zero-order chi connectivity index (χ0) is 17.2. The first kappa shape index (κ1) is 16.8. The van der Waals surface area contributed by atoms with Crippen LogP contribution in [0.5, 0.6) is 0 Å². The summed E-state index contributed by atoms with van der Waals surface area (Å²) in [7, 11) is -3.65. The van der Waals surface area contributed by atoms with E-state index in [-0.39, 0.29) is 11.5 Å². The molecule has 0 saturated heterocycles. The summed E-state index contributed by atoms with van der Waals surface area (Å²) in [5, 5.41) is 13.8. The van der Waals surface area contributed by atoms with Gasteiger partial charge in [0.1, 0.15) is 10.7 Å². The second-order valence-electron chi connectivity index (χ2n) is 4.96. The highest BCUT2D eigenvalue weighted by Crippen LogP contribution is 2.27. The van der Waals surface area contributed by atoms with Crippen LogP contribution in [0, 0.1) is 15.9 Å². The molecule has 1 N–H and O–H groups in total. The van der Waals surface area contributed by atoms with Crippen LogP contribution < -0.4 is 5.32 Å². The average Bonchev–Trinajstić information content (AvgIpc) is 2.46. The molecule has 0 spiro atoms. The van der Waals surface area contributed by atoms with Crippen LogP contribution in [0.4, 0.5) is 15.9 Å². The second-order valence-corrected chi connectivity index (χ2v) is 6.94. The van der Waals surface area contributed by atoms with Crippen molar-refractivity contribution in [2.24, 2.45) is 0 Å². The Labute approximate surface area is 132 Å². The predicted molar refractivity (Wildman–Crippen MR) is 82.4 cm³/mol. The maximum Gasteiger partial charge on any atom is 0.311 e. The summed E-state index contributed by atoms with van der Waals surface area (Å²) in [6.07, 6.45) is 2.32. The van der Waals surface area contributed by atoms with Gasteiger partial charge in [-0.05, 0) is 30.7 Å². The normalized spacial score (nSPS) is 12.7. The minimum atomic E-state index is -3.65. The van der Waals surface area contributed by atoms with Crippen LogP contribution >= 0.6 is 0 Å². The number of benzene rings is 1. The number of nitrogens with one attached hydrogen (secondary N) is 1. The Bertz CT molecular complexity index is 855. The number of nitro groups is 1. The lowest BCUT2D eigenvalue weighted by molar-refractivity contribution is -0.384. The minimum absolute atomic E-state index is 0.0533. The van der Waals surface area contributed by atoms with E-state index in [2.05, 4.69) is 10.3 Å². The molecule has 23 heavy (non-hydrogen) atoms. The van der Waals surface area contributed by atoms with E-state index in [1.165, 1.54) is 30.5 Å². The van der Waals surface area contributed by atoms with Crippen molar-refractivity contribution >= 4 is 21.3 Å². The van der Waals surface area contributed by atoms with Gasteiger partial charge in [-0.25, -0.2) is 17.8 Å². The Morgan fingerprint density at radius 1 is 1.35 bits per heavy atom.